The highest BCUT2D eigenvalue weighted by molar-refractivity contribution is 5.92. The maximum absolute atomic E-state index is 13.7. The molecular weight excluding hydrogens is 526 g/mol. The van der Waals surface area contributed by atoms with Crippen LogP contribution in [0.4, 0.5) is 5.82 Å². The molecule has 3 saturated heterocycles. The molecule has 2 N–H and O–H groups in total. The zero-order chi connectivity index (χ0) is 24.5. The maximum atomic E-state index is 13.7. The molecule has 190 valence electrons. The average molecular weight is 556 g/mol. The lowest BCUT2D eigenvalue weighted by atomic mass is 9.81. The van der Waals surface area contributed by atoms with Gasteiger partial charge < -0.3 is 41.1 Å². The molecule has 9 heteroatoms. The van der Waals surface area contributed by atoms with E-state index in [0.717, 1.165) is 25.9 Å². The summed E-state index contributed by atoms with van der Waals surface area (Å²) in [7, 11) is 0. The number of carbonyl (C=O) groups is 2. The molecule has 4 heterocycles. The van der Waals surface area contributed by atoms with Crippen LogP contribution in [0.2, 0.25) is 0 Å². The smallest absolute Gasteiger partial charge is 0.348 e. The Labute approximate surface area is 220 Å². The molecule has 3 fully saturated rings. The second kappa shape index (κ2) is 10.5. The van der Waals surface area contributed by atoms with Gasteiger partial charge in [0.2, 0.25) is 5.60 Å². The number of hydrogen-bond acceptors (Lipinski definition) is 6. The largest absolute Gasteiger partial charge is 1.00 e. The van der Waals surface area contributed by atoms with Crippen molar-refractivity contribution in [2.45, 2.75) is 37.5 Å². The Balaban J connectivity index is 0.00000304. The Bertz CT molecular complexity index is 1130. The van der Waals surface area contributed by atoms with E-state index in [1.54, 1.807) is 54.6 Å². The number of amides is 1. The van der Waals surface area contributed by atoms with Crippen LogP contribution >= 0.6 is 0 Å². The fourth-order valence-electron chi connectivity index (χ4n) is 5.58. The van der Waals surface area contributed by atoms with Crippen molar-refractivity contribution in [1.29, 1.82) is 0 Å². The van der Waals surface area contributed by atoms with Crippen molar-refractivity contribution in [2.24, 2.45) is 5.92 Å². The lowest BCUT2D eigenvalue weighted by Gasteiger charge is -2.54. The molecule has 36 heavy (non-hydrogen) atoms. The first-order valence-corrected chi connectivity index (χ1v) is 12.0. The standard InChI is InChI=1S/C27H29N3O5.BrH/c1-19(25(31)28-24-14-17-34-29-24)30-15-12-20(13-16-30)23(18-30)35-26(32)27(33,21-8-4-2-5-9-21)22-10-6-3-7-11-22;/h2-11,14,17,19-20,23,33H,12-13,15-16,18H2,1H3;1H/t19?,20?,23-,30?;/m0./s1. The van der Waals surface area contributed by atoms with Crippen LogP contribution in [0.1, 0.15) is 30.9 Å². The van der Waals surface area contributed by atoms with Gasteiger partial charge in [0, 0.05) is 24.8 Å². The van der Waals surface area contributed by atoms with Gasteiger partial charge in [-0.15, -0.1) is 0 Å². The molecule has 1 aromatic heterocycles. The highest BCUT2D eigenvalue weighted by Gasteiger charge is 2.53. The van der Waals surface area contributed by atoms with Crippen molar-refractivity contribution in [3.63, 3.8) is 0 Å². The van der Waals surface area contributed by atoms with Gasteiger partial charge in [-0.3, -0.25) is 4.79 Å². The number of ether oxygens (including phenoxy) is 1. The predicted octanol–water partition coefficient (Wildman–Crippen LogP) is 0.0939. The summed E-state index contributed by atoms with van der Waals surface area (Å²) in [4.78, 5) is 26.6. The van der Waals surface area contributed by atoms with Gasteiger partial charge in [-0.2, -0.15) is 0 Å². The third-order valence-electron chi connectivity index (χ3n) is 7.79. The number of carbonyl (C=O) groups excluding carboxylic acids is 2. The predicted molar refractivity (Wildman–Crippen MR) is 128 cm³/mol. The first-order chi connectivity index (χ1) is 16.9. The van der Waals surface area contributed by atoms with Crippen LogP contribution in [0.3, 0.4) is 0 Å². The van der Waals surface area contributed by atoms with Crippen LogP contribution in [-0.2, 0) is 19.9 Å². The van der Waals surface area contributed by atoms with E-state index in [9.17, 15) is 14.7 Å². The van der Waals surface area contributed by atoms with Crippen LogP contribution in [0.25, 0.3) is 0 Å². The van der Waals surface area contributed by atoms with E-state index in [1.807, 2.05) is 19.1 Å². The van der Waals surface area contributed by atoms with E-state index >= 15 is 0 Å². The lowest BCUT2D eigenvalue weighted by Crippen LogP contribution is -3.00. The SMILES string of the molecule is CC(C(=O)Nc1ccon1)[N+]12CCC(CC1)[C@@H](OC(=O)C(O)(c1ccccc1)c1ccccc1)C2.[Br-]. The van der Waals surface area contributed by atoms with Gasteiger partial charge in [-0.25, -0.2) is 4.79 Å². The van der Waals surface area contributed by atoms with Gasteiger partial charge in [0.1, 0.15) is 12.8 Å². The number of benzene rings is 2. The minimum atomic E-state index is -1.92. The number of esters is 1. The van der Waals surface area contributed by atoms with Crippen LogP contribution in [-0.4, -0.2) is 58.4 Å². The van der Waals surface area contributed by atoms with Crippen LogP contribution in [0.5, 0.6) is 0 Å². The third kappa shape index (κ3) is 4.70. The number of nitrogens with one attached hydrogen (secondary N) is 1. The van der Waals surface area contributed by atoms with E-state index in [0.29, 0.717) is 28.0 Å². The summed E-state index contributed by atoms with van der Waals surface area (Å²) >= 11 is 0. The number of nitrogens with zero attached hydrogens (tertiary/aromatic N) is 2. The van der Waals surface area contributed by atoms with Crippen LogP contribution in [0.15, 0.2) is 77.5 Å². The van der Waals surface area contributed by atoms with Gasteiger partial charge >= 0.3 is 5.97 Å². The summed E-state index contributed by atoms with van der Waals surface area (Å²) in [5.41, 5.74) is -1.00. The number of rotatable bonds is 7. The fraction of sp³-hybridized carbons (Fsp3) is 0.370. The quantitative estimate of drug-likeness (QED) is 0.316. The second-order valence-electron chi connectivity index (χ2n) is 9.62. The summed E-state index contributed by atoms with van der Waals surface area (Å²) in [5, 5.41) is 18.4. The molecule has 0 saturated carbocycles. The van der Waals surface area contributed by atoms with E-state index in [-0.39, 0.29) is 41.0 Å². The fourth-order valence-corrected chi connectivity index (χ4v) is 5.58. The van der Waals surface area contributed by atoms with Crippen molar-refractivity contribution in [1.82, 2.24) is 5.16 Å². The summed E-state index contributed by atoms with van der Waals surface area (Å²) in [6, 6.07) is 19.0. The molecule has 1 unspecified atom stereocenters. The number of quaternary nitrogens is 1. The molecule has 0 spiro atoms. The van der Waals surface area contributed by atoms with E-state index in [1.165, 1.54) is 6.26 Å². The number of halogens is 1. The van der Waals surface area contributed by atoms with Gasteiger partial charge in [0.15, 0.2) is 18.0 Å². The first kappa shape index (κ1) is 26.1. The zero-order valence-electron chi connectivity index (χ0n) is 20.0. The topological polar surface area (TPSA) is 102 Å². The molecule has 3 aliphatic heterocycles. The summed E-state index contributed by atoms with van der Waals surface area (Å²) in [5.74, 6) is -0.243. The summed E-state index contributed by atoms with van der Waals surface area (Å²) in [6.45, 7) is 4.12. The van der Waals surface area contributed by atoms with E-state index < -0.39 is 11.6 Å². The molecule has 3 aromatic rings. The van der Waals surface area contributed by atoms with E-state index in [2.05, 4.69) is 10.5 Å². The molecule has 8 nitrogen and oxygen atoms in total. The molecule has 1 amide bonds. The highest BCUT2D eigenvalue weighted by Crippen LogP contribution is 2.39. The number of aliphatic hydroxyl groups is 1. The summed E-state index contributed by atoms with van der Waals surface area (Å²) in [6.07, 6.45) is 2.74. The molecule has 6 rings (SSSR count). The number of hydrogen-bond donors (Lipinski definition) is 2. The molecule has 3 aliphatic rings. The zero-order valence-corrected chi connectivity index (χ0v) is 21.6. The Morgan fingerprint density at radius 1 is 1.06 bits per heavy atom. The molecule has 2 atom stereocenters. The van der Waals surface area contributed by atoms with Gasteiger partial charge in [0.25, 0.3) is 5.91 Å². The monoisotopic (exact) mass is 555 g/mol. The van der Waals surface area contributed by atoms with Crippen molar-refractivity contribution in [3.8, 4) is 0 Å². The Morgan fingerprint density at radius 3 is 2.17 bits per heavy atom. The second-order valence-corrected chi connectivity index (χ2v) is 9.62. The number of anilines is 1. The molecule has 2 bridgehead atoms. The van der Waals surface area contributed by atoms with E-state index in [4.69, 9.17) is 9.26 Å². The average Bonchev–Trinajstić information content (AvgIpc) is 3.42. The van der Waals surface area contributed by atoms with Gasteiger partial charge in [-0.05, 0) is 18.1 Å². The normalized spacial score (nSPS) is 23.8. The maximum Gasteiger partial charge on any atom is 0.348 e. The number of aromatic nitrogens is 1. The van der Waals surface area contributed by atoms with Crippen molar-refractivity contribution in [3.05, 3.63) is 84.1 Å². The Kier molecular flexibility index (Phi) is 7.63. The van der Waals surface area contributed by atoms with Crippen LogP contribution in [0, 0.1) is 5.92 Å². The molecular formula is C27H30BrN3O5. The third-order valence-corrected chi connectivity index (χ3v) is 7.79. The van der Waals surface area contributed by atoms with Gasteiger partial charge in [0.05, 0.1) is 13.1 Å². The Hall–Kier alpha value is -3.01. The number of piperidine rings is 3. The molecule has 0 aliphatic carbocycles. The first-order valence-electron chi connectivity index (χ1n) is 12.0. The molecule has 2 aromatic carbocycles. The highest BCUT2D eigenvalue weighted by atomic mass is 79.9. The number of fused-ring (bicyclic) bond motifs is 3. The lowest BCUT2D eigenvalue weighted by molar-refractivity contribution is -0.958. The molecule has 0 radical (unpaired) electrons. The van der Waals surface area contributed by atoms with Crippen molar-refractivity contribution < 1.29 is 45.4 Å². The van der Waals surface area contributed by atoms with Gasteiger partial charge in [-0.1, -0.05) is 65.8 Å². The van der Waals surface area contributed by atoms with Crippen molar-refractivity contribution in [2.75, 3.05) is 25.0 Å². The minimum Gasteiger partial charge on any atom is -1.00 e. The van der Waals surface area contributed by atoms with Crippen LogP contribution < -0.4 is 22.3 Å². The minimum absolute atomic E-state index is 0. The Morgan fingerprint density at radius 2 is 1.64 bits per heavy atom. The summed E-state index contributed by atoms with van der Waals surface area (Å²) < 4.78 is 11.4. The van der Waals surface area contributed by atoms with Crippen molar-refractivity contribution >= 4 is 17.7 Å².